The van der Waals surface area contributed by atoms with Crippen LogP contribution in [0, 0.1) is 0 Å². The molecule has 1 N–H and O–H groups in total. The first kappa shape index (κ1) is 21.4. The molecule has 0 radical (unpaired) electrons. The molecule has 0 saturated carbocycles. The van der Waals surface area contributed by atoms with E-state index in [0.717, 1.165) is 16.9 Å². The lowest BCUT2D eigenvalue weighted by Gasteiger charge is -2.17. The summed E-state index contributed by atoms with van der Waals surface area (Å²) in [4.78, 5) is 24.7. The molecule has 0 unspecified atom stereocenters. The van der Waals surface area contributed by atoms with Crippen LogP contribution < -0.4 is 10.1 Å². The van der Waals surface area contributed by atoms with Gasteiger partial charge < -0.3 is 14.8 Å². The topological polar surface area (TPSA) is 64.6 Å². The second-order valence-corrected chi connectivity index (χ2v) is 7.06. The summed E-state index contributed by atoms with van der Waals surface area (Å²) in [6.45, 7) is 0.471. The number of nitrogens with one attached hydrogen (secondary N) is 1. The number of carbonyl (C=O) groups is 2. The monoisotopic (exact) mass is 423 g/mol. The minimum Gasteiger partial charge on any atom is -0.489 e. The van der Waals surface area contributed by atoms with Crippen molar-refractivity contribution < 1.29 is 19.1 Å². The minimum absolute atomic E-state index is 0.280. The van der Waals surface area contributed by atoms with E-state index in [4.69, 9.17) is 21.1 Å². The average Bonchev–Trinajstić information content (AvgIpc) is 2.78. The van der Waals surface area contributed by atoms with Gasteiger partial charge >= 0.3 is 5.97 Å². The van der Waals surface area contributed by atoms with Crippen molar-refractivity contribution in [3.63, 3.8) is 0 Å². The van der Waals surface area contributed by atoms with Gasteiger partial charge in [-0.25, -0.2) is 4.79 Å². The van der Waals surface area contributed by atoms with Crippen molar-refractivity contribution >= 4 is 23.5 Å². The maximum absolute atomic E-state index is 12.5. The van der Waals surface area contributed by atoms with Crippen LogP contribution in [-0.4, -0.2) is 25.0 Å². The number of carbonyl (C=O) groups excluding carboxylic acids is 2. The molecule has 154 valence electrons. The summed E-state index contributed by atoms with van der Waals surface area (Å²) in [6, 6.07) is 23.1. The van der Waals surface area contributed by atoms with Crippen LogP contribution in [0.4, 0.5) is 0 Å². The van der Waals surface area contributed by atoms with E-state index in [1.165, 1.54) is 7.11 Å². The number of halogens is 1. The Bertz CT molecular complexity index is 990. The largest absolute Gasteiger partial charge is 0.489 e. The predicted octanol–water partition coefficient (Wildman–Crippen LogP) is 4.43. The Morgan fingerprint density at radius 1 is 0.900 bits per heavy atom. The molecule has 0 aromatic heterocycles. The van der Waals surface area contributed by atoms with Gasteiger partial charge in [0.1, 0.15) is 18.4 Å². The third-order valence-corrected chi connectivity index (χ3v) is 4.85. The van der Waals surface area contributed by atoms with E-state index < -0.39 is 17.9 Å². The molecular formula is C24H22ClNO4. The Balaban J connectivity index is 1.64. The Labute approximate surface area is 180 Å². The molecule has 5 nitrogen and oxygen atoms in total. The first-order valence-electron chi connectivity index (χ1n) is 9.45. The zero-order chi connectivity index (χ0) is 21.3. The van der Waals surface area contributed by atoms with Gasteiger partial charge in [-0.2, -0.15) is 0 Å². The fourth-order valence-corrected chi connectivity index (χ4v) is 3.14. The van der Waals surface area contributed by atoms with E-state index in [1.807, 2.05) is 54.6 Å². The lowest BCUT2D eigenvalue weighted by molar-refractivity contribution is -0.142. The summed E-state index contributed by atoms with van der Waals surface area (Å²) in [5.41, 5.74) is 2.24. The number of benzene rings is 3. The standard InChI is InChI=1S/C24H22ClNO4/c1-29-24(28)22(26-23(27)20-9-5-6-10-21(20)25)15-17-11-13-19(14-12-17)30-16-18-7-3-2-4-8-18/h2-14,22H,15-16H2,1H3,(H,26,27)/t22-/m0/s1. The summed E-state index contributed by atoms with van der Waals surface area (Å²) in [7, 11) is 1.29. The molecular weight excluding hydrogens is 402 g/mol. The lowest BCUT2D eigenvalue weighted by atomic mass is 10.0. The van der Waals surface area contributed by atoms with Crippen molar-refractivity contribution in [1.29, 1.82) is 0 Å². The van der Waals surface area contributed by atoms with Crippen LogP contribution >= 0.6 is 11.6 Å². The van der Waals surface area contributed by atoms with Crippen molar-refractivity contribution in [2.75, 3.05) is 7.11 Å². The third kappa shape index (κ3) is 5.84. The molecule has 0 bridgehead atoms. The molecule has 0 saturated heterocycles. The van der Waals surface area contributed by atoms with Crippen LogP contribution in [0.1, 0.15) is 21.5 Å². The van der Waals surface area contributed by atoms with Gasteiger partial charge in [-0.3, -0.25) is 4.79 Å². The van der Waals surface area contributed by atoms with Gasteiger partial charge in [-0.05, 0) is 35.4 Å². The number of hydrogen-bond acceptors (Lipinski definition) is 4. The summed E-state index contributed by atoms with van der Waals surface area (Å²) >= 11 is 6.08. The van der Waals surface area contributed by atoms with Gasteiger partial charge in [0.2, 0.25) is 0 Å². The van der Waals surface area contributed by atoms with Crippen LogP contribution in [-0.2, 0) is 22.6 Å². The lowest BCUT2D eigenvalue weighted by Crippen LogP contribution is -2.43. The molecule has 6 heteroatoms. The maximum Gasteiger partial charge on any atom is 0.328 e. The smallest absolute Gasteiger partial charge is 0.328 e. The highest BCUT2D eigenvalue weighted by atomic mass is 35.5. The summed E-state index contributed by atoms with van der Waals surface area (Å²) in [6.07, 6.45) is 0.280. The molecule has 1 amide bonds. The molecule has 0 spiro atoms. The molecule has 0 fully saturated rings. The van der Waals surface area contributed by atoms with Crippen molar-refractivity contribution in [3.05, 3.63) is 101 Å². The van der Waals surface area contributed by atoms with E-state index in [-0.39, 0.29) is 6.42 Å². The van der Waals surface area contributed by atoms with E-state index >= 15 is 0 Å². The van der Waals surface area contributed by atoms with E-state index in [1.54, 1.807) is 24.3 Å². The SMILES string of the molecule is COC(=O)[C@H](Cc1ccc(OCc2ccccc2)cc1)NC(=O)c1ccccc1Cl. The Morgan fingerprint density at radius 2 is 1.57 bits per heavy atom. The third-order valence-electron chi connectivity index (χ3n) is 4.52. The van der Waals surface area contributed by atoms with Gasteiger partial charge in [0.15, 0.2) is 0 Å². The van der Waals surface area contributed by atoms with Gasteiger partial charge in [-0.15, -0.1) is 0 Å². The molecule has 30 heavy (non-hydrogen) atoms. The second kappa shape index (κ2) is 10.5. The van der Waals surface area contributed by atoms with Crippen LogP contribution in [0.3, 0.4) is 0 Å². The number of esters is 1. The maximum atomic E-state index is 12.5. The minimum atomic E-state index is -0.838. The van der Waals surface area contributed by atoms with Gasteiger partial charge in [0, 0.05) is 6.42 Å². The number of rotatable bonds is 8. The molecule has 0 aliphatic carbocycles. The van der Waals surface area contributed by atoms with Gasteiger partial charge in [0.25, 0.3) is 5.91 Å². The number of amides is 1. The van der Waals surface area contributed by atoms with Gasteiger partial charge in [0.05, 0.1) is 17.7 Å². The highest BCUT2D eigenvalue weighted by Gasteiger charge is 2.23. The fourth-order valence-electron chi connectivity index (χ4n) is 2.92. The quantitative estimate of drug-likeness (QED) is 0.544. The molecule has 3 aromatic rings. The van der Waals surface area contributed by atoms with Crippen molar-refractivity contribution in [1.82, 2.24) is 5.32 Å². The van der Waals surface area contributed by atoms with Crippen LogP contribution in [0.25, 0.3) is 0 Å². The molecule has 3 aromatic carbocycles. The number of methoxy groups -OCH3 is 1. The Kier molecular flexibility index (Phi) is 7.46. The first-order chi connectivity index (χ1) is 14.6. The van der Waals surface area contributed by atoms with Crippen molar-refractivity contribution in [3.8, 4) is 5.75 Å². The highest BCUT2D eigenvalue weighted by Crippen LogP contribution is 2.17. The fraction of sp³-hybridized carbons (Fsp3) is 0.167. The molecule has 0 aliphatic rings. The number of hydrogen-bond donors (Lipinski definition) is 1. The van der Waals surface area contributed by atoms with Crippen LogP contribution in [0.15, 0.2) is 78.9 Å². The van der Waals surface area contributed by atoms with Crippen molar-refractivity contribution in [2.45, 2.75) is 19.1 Å². The normalized spacial score (nSPS) is 11.4. The molecule has 1 atom stereocenters. The Morgan fingerprint density at radius 3 is 2.23 bits per heavy atom. The van der Waals surface area contributed by atoms with Crippen LogP contribution in [0.5, 0.6) is 5.75 Å². The van der Waals surface area contributed by atoms with E-state index in [0.29, 0.717) is 17.2 Å². The second-order valence-electron chi connectivity index (χ2n) is 6.65. The van der Waals surface area contributed by atoms with Crippen LogP contribution in [0.2, 0.25) is 5.02 Å². The zero-order valence-electron chi connectivity index (χ0n) is 16.5. The van der Waals surface area contributed by atoms with Gasteiger partial charge in [-0.1, -0.05) is 66.2 Å². The Hall–Kier alpha value is -3.31. The van der Waals surface area contributed by atoms with E-state index in [9.17, 15) is 9.59 Å². The molecule has 0 aliphatic heterocycles. The summed E-state index contributed by atoms with van der Waals surface area (Å²) in [5.74, 6) is -0.240. The summed E-state index contributed by atoms with van der Waals surface area (Å²) in [5, 5.41) is 3.02. The predicted molar refractivity (Wildman–Crippen MR) is 116 cm³/mol. The summed E-state index contributed by atoms with van der Waals surface area (Å²) < 4.78 is 10.6. The first-order valence-corrected chi connectivity index (χ1v) is 9.83. The average molecular weight is 424 g/mol. The number of ether oxygens (including phenoxy) is 2. The molecule has 0 heterocycles. The van der Waals surface area contributed by atoms with Crippen molar-refractivity contribution in [2.24, 2.45) is 0 Å². The molecule has 3 rings (SSSR count). The highest BCUT2D eigenvalue weighted by molar-refractivity contribution is 6.33. The zero-order valence-corrected chi connectivity index (χ0v) is 17.3. The van der Waals surface area contributed by atoms with E-state index in [2.05, 4.69) is 5.32 Å².